The van der Waals surface area contributed by atoms with Crippen LogP contribution in [-0.4, -0.2) is 23.8 Å². The number of aliphatic imine (C=N–C) groups is 1. The van der Waals surface area contributed by atoms with Gasteiger partial charge in [0, 0.05) is 24.5 Å². The van der Waals surface area contributed by atoms with Crippen LogP contribution in [0.15, 0.2) is 41.3 Å². The van der Waals surface area contributed by atoms with Crippen molar-refractivity contribution in [1.82, 2.24) is 10.3 Å². The van der Waals surface area contributed by atoms with Crippen molar-refractivity contribution in [3.05, 3.63) is 42.0 Å². The molecule has 5 heteroatoms. The number of nitrogens with one attached hydrogen (secondary N) is 2. The van der Waals surface area contributed by atoms with Gasteiger partial charge in [0.1, 0.15) is 5.75 Å². The van der Waals surface area contributed by atoms with Gasteiger partial charge in [0.25, 0.3) is 0 Å². The summed E-state index contributed by atoms with van der Waals surface area (Å²) in [4.78, 5) is 7.83. The third kappa shape index (κ3) is 4.90. The van der Waals surface area contributed by atoms with Crippen molar-refractivity contribution in [2.24, 2.45) is 4.99 Å². The van der Waals surface area contributed by atoms with Crippen LogP contribution in [0.4, 0.5) is 0 Å². The highest BCUT2D eigenvalue weighted by atomic mass is 35.5. The number of H-pyrrole nitrogens is 1. The van der Waals surface area contributed by atoms with Crippen LogP contribution < -0.4 is 10.1 Å². The molecule has 0 spiro atoms. The van der Waals surface area contributed by atoms with E-state index in [9.17, 15) is 0 Å². The lowest BCUT2D eigenvalue weighted by molar-refractivity contribution is 0.415. The molecule has 0 atom stereocenters. The van der Waals surface area contributed by atoms with Crippen molar-refractivity contribution in [3.8, 4) is 5.75 Å². The van der Waals surface area contributed by atoms with Crippen molar-refractivity contribution >= 4 is 18.1 Å². The largest absolute Gasteiger partial charge is 0.495 e. The Morgan fingerprint density at radius 2 is 1.91 bits per heavy atom. The van der Waals surface area contributed by atoms with E-state index in [2.05, 4.69) is 27.6 Å². The molecule has 0 radical (unpaired) electrons. The Balaban J connectivity index is 0.00000192. The molecule has 0 bridgehead atoms. The van der Waals surface area contributed by atoms with Crippen molar-refractivity contribution < 1.29 is 4.74 Å². The summed E-state index contributed by atoms with van der Waals surface area (Å²) in [5, 5.41) is 3.56. The van der Waals surface area contributed by atoms with Crippen molar-refractivity contribution in [3.63, 3.8) is 0 Å². The molecule has 2 heterocycles. The second-order valence-corrected chi connectivity index (χ2v) is 6.06. The van der Waals surface area contributed by atoms with Crippen LogP contribution in [0, 0.1) is 0 Å². The quantitative estimate of drug-likeness (QED) is 0.859. The lowest BCUT2D eigenvalue weighted by Gasteiger charge is -2.19. The van der Waals surface area contributed by atoms with Crippen LogP contribution in [0.1, 0.15) is 50.6 Å². The third-order valence-corrected chi connectivity index (χ3v) is 4.40. The van der Waals surface area contributed by atoms with Crippen LogP contribution >= 0.6 is 12.4 Å². The standard InChI is InChI=1S/C18H25N3O.ClH/c1-22-16-11-18(20-13-16)17-10-9-15(21-17)12-19-14-7-5-3-2-4-6-8-14;/h9-14,19-20H,2-8H2,1H3;1H/b15-12+;. The van der Waals surface area contributed by atoms with Crippen LogP contribution in [-0.2, 0) is 0 Å². The summed E-state index contributed by atoms with van der Waals surface area (Å²) in [6.07, 6.45) is 17.4. The highest BCUT2D eigenvalue weighted by Gasteiger charge is 2.12. The van der Waals surface area contributed by atoms with Gasteiger partial charge in [-0.3, -0.25) is 0 Å². The summed E-state index contributed by atoms with van der Waals surface area (Å²) >= 11 is 0. The van der Waals surface area contributed by atoms with Crippen molar-refractivity contribution in [2.75, 3.05) is 7.11 Å². The van der Waals surface area contributed by atoms with Crippen LogP contribution in [0.2, 0.25) is 0 Å². The molecular formula is C18H26ClN3O. The predicted octanol–water partition coefficient (Wildman–Crippen LogP) is 4.35. The first-order valence-electron chi connectivity index (χ1n) is 8.31. The van der Waals surface area contributed by atoms with Gasteiger partial charge in [-0.2, -0.15) is 0 Å². The Kier molecular flexibility index (Phi) is 6.78. The lowest BCUT2D eigenvalue weighted by Crippen LogP contribution is -2.25. The van der Waals surface area contributed by atoms with E-state index in [0.29, 0.717) is 6.04 Å². The predicted molar refractivity (Wildman–Crippen MR) is 97.6 cm³/mol. The van der Waals surface area contributed by atoms with E-state index in [1.165, 1.54) is 44.9 Å². The smallest absolute Gasteiger partial charge is 0.136 e. The molecule has 1 fully saturated rings. The molecule has 126 valence electrons. The summed E-state index contributed by atoms with van der Waals surface area (Å²) in [5.74, 6) is 0.830. The number of nitrogens with zero attached hydrogens (tertiary/aromatic N) is 1. The highest BCUT2D eigenvalue weighted by molar-refractivity contribution is 6.10. The SMILES string of the molecule is COc1c[nH]c(C2=N/C(=C/NC3CCCCCCC3)C=C2)c1.Cl. The number of aromatic nitrogens is 1. The maximum atomic E-state index is 5.19. The van der Waals surface area contributed by atoms with E-state index in [0.717, 1.165) is 22.9 Å². The first-order valence-corrected chi connectivity index (χ1v) is 8.31. The van der Waals surface area contributed by atoms with Gasteiger partial charge < -0.3 is 15.0 Å². The van der Waals surface area contributed by atoms with Gasteiger partial charge in [0.2, 0.25) is 0 Å². The zero-order chi connectivity index (χ0) is 15.2. The molecule has 23 heavy (non-hydrogen) atoms. The number of aromatic amines is 1. The fraction of sp³-hybridized carbons (Fsp3) is 0.500. The van der Waals surface area contributed by atoms with Gasteiger partial charge in [0.05, 0.1) is 24.2 Å². The summed E-state index contributed by atoms with van der Waals surface area (Å²) in [6, 6.07) is 2.57. The summed E-state index contributed by atoms with van der Waals surface area (Å²) in [6.45, 7) is 0. The molecular weight excluding hydrogens is 310 g/mol. The van der Waals surface area contributed by atoms with E-state index in [1.54, 1.807) is 7.11 Å². The zero-order valence-corrected chi connectivity index (χ0v) is 14.5. The van der Waals surface area contributed by atoms with Gasteiger partial charge in [-0.15, -0.1) is 12.4 Å². The van der Waals surface area contributed by atoms with Crippen LogP contribution in [0.3, 0.4) is 0 Å². The lowest BCUT2D eigenvalue weighted by atomic mass is 9.97. The van der Waals surface area contributed by atoms with Gasteiger partial charge in [-0.1, -0.05) is 32.1 Å². The monoisotopic (exact) mass is 335 g/mol. The van der Waals surface area contributed by atoms with Gasteiger partial charge in [-0.25, -0.2) is 4.99 Å². The molecule has 2 aliphatic rings. The van der Waals surface area contributed by atoms with Gasteiger partial charge >= 0.3 is 0 Å². The minimum absolute atomic E-state index is 0. The van der Waals surface area contributed by atoms with Crippen LogP contribution in [0.5, 0.6) is 5.75 Å². The van der Waals surface area contributed by atoms with E-state index in [-0.39, 0.29) is 12.4 Å². The van der Waals surface area contributed by atoms with E-state index >= 15 is 0 Å². The molecule has 0 amide bonds. The number of hydrogen-bond acceptors (Lipinski definition) is 3. The maximum absolute atomic E-state index is 5.19. The second kappa shape index (κ2) is 8.82. The average molecular weight is 336 g/mol. The molecule has 1 aromatic heterocycles. The molecule has 1 aliphatic carbocycles. The number of ether oxygens (including phenoxy) is 1. The minimum Gasteiger partial charge on any atom is -0.495 e. The second-order valence-electron chi connectivity index (χ2n) is 6.06. The van der Waals surface area contributed by atoms with E-state index < -0.39 is 0 Å². The Morgan fingerprint density at radius 3 is 2.61 bits per heavy atom. The minimum atomic E-state index is 0. The number of methoxy groups -OCH3 is 1. The molecule has 2 N–H and O–H groups in total. The Labute approximate surface area is 144 Å². The van der Waals surface area contributed by atoms with E-state index in [1.807, 2.05) is 18.3 Å². The Bertz CT molecular complexity index is 581. The Morgan fingerprint density at radius 1 is 1.17 bits per heavy atom. The maximum Gasteiger partial charge on any atom is 0.136 e. The molecule has 3 rings (SSSR count). The molecule has 0 unspecified atom stereocenters. The molecule has 1 aliphatic heterocycles. The highest BCUT2D eigenvalue weighted by Crippen LogP contribution is 2.19. The number of hydrogen-bond donors (Lipinski definition) is 2. The van der Waals surface area contributed by atoms with Crippen molar-refractivity contribution in [2.45, 2.75) is 51.0 Å². The third-order valence-electron chi connectivity index (χ3n) is 4.40. The normalized spacial score (nSPS) is 20.6. The zero-order valence-electron chi connectivity index (χ0n) is 13.7. The Hall–Kier alpha value is -1.68. The molecule has 1 saturated carbocycles. The van der Waals surface area contributed by atoms with Gasteiger partial charge in [-0.05, 0) is 25.0 Å². The fourth-order valence-corrected chi connectivity index (χ4v) is 3.07. The van der Waals surface area contributed by atoms with E-state index in [4.69, 9.17) is 4.74 Å². The molecule has 1 aromatic rings. The molecule has 0 aromatic carbocycles. The van der Waals surface area contributed by atoms with Gasteiger partial charge in [0.15, 0.2) is 0 Å². The average Bonchev–Trinajstić information content (AvgIpc) is 3.15. The molecule has 0 saturated heterocycles. The topological polar surface area (TPSA) is 49.4 Å². The first kappa shape index (κ1) is 17.7. The summed E-state index contributed by atoms with van der Waals surface area (Å²) in [7, 11) is 1.67. The molecule has 4 nitrogen and oxygen atoms in total. The number of rotatable bonds is 4. The fourth-order valence-electron chi connectivity index (χ4n) is 3.07. The van der Waals surface area contributed by atoms with Crippen LogP contribution in [0.25, 0.3) is 0 Å². The first-order chi connectivity index (χ1) is 10.8. The summed E-state index contributed by atoms with van der Waals surface area (Å²) < 4.78 is 5.19. The number of halogens is 1. The van der Waals surface area contributed by atoms with Crippen molar-refractivity contribution in [1.29, 1.82) is 0 Å². The number of allylic oxidation sites excluding steroid dienone is 2. The summed E-state index contributed by atoms with van der Waals surface area (Å²) in [5.41, 5.74) is 2.93.